The molecule has 1 N–H and O–H groups in total. The fraction of sp³-hybridized carbons (Fsp3) is 0.0741. The molecule has 0 bridgehead atoms. The standard InChI is InChI=1S/C54H42N2O/c1-55-50(39-17-6-3-7-18-39)36-41(28-27-37-15-4-2-5-16-37)44-20-9-8-19-43(44)40-31-34-52-49(35-40)46-21-10-12-25-51(46)56(52)42-32-29-38(30-33-42)45-23-14-24-48-47-22-11-13-26-53(47)57-54(45)48/h2-9,11-20,22-26,28-36,55H,10,21,27H2,1H3/b41-28+,50-36-. The van der Waals surface area contributed by atoms with Crippen LogP contribution >= 0.6 is 0 Å². The van der Waals surface area contributed by atoms with Gasteiger partial charge < -0.3 is 14.3 Å². The Morgan fingerprint density at radius 2 is 1.39 bits per heavy atom. The zero-order chi connectivity index (χ0) is 38.1. The van der Waals surface area contributed by atoms with Gasteiger partial charge in [0.2, 0.25) is 0 Å². The minimum absolute atomic E-state index is 0.834. The lowest BCUT2D eigenvalue weighted by Crippen LogP contribution is -2.05. The van der Waals surface area contributed by atoms with Crippen molar-refractivity contribution >= 4 is 50.2 Å². The van der Waals surface area contributed by atoms with Crippen LogP contribution in [0.5, 0.6) is 0 Å². The van der Waals surface area contributed by atoms with Crippen molar-refractivity contribution in [3.63, 3.8) is 0 Å². The second-order valence-electron chi connectivity index (χ2n) is 14.8. The van der Waals surface area contributed by atoms with Crippen molar-refractivity contribution in [2.75, 3.05) is 7.05 Å². The van der Waals surface area contributed by atoms with Gasteiger partial charge in [0.15, 0.2) is 0 Å². The maximum absolute atomic E-state index is 6.40. The van der Waals surface area contributed by atoms with Gasteiger partial charge >= 0.3 is 0 Å². The first kappa shape index (κ1) is 34.4. The molecule has 10 rings (SSSR count). The molecule has 0 saturated heterocycles. The molecule has 0 spiro atoms. The third-order valence-electron chi connectivity index (χ3n) is 11.4. The van der Waals surface area contributed by atoms with Crippen LogP contribution in [-0.2, 0) is 12.8 Å². The van der Waals surface area contributed by atoms with Gasteiger partial charge in [0, 0.05) is 45.8 Å². The Bertz CT molecular complexity index is 2990. The van der Waals surface area contributed by atoms with E-state index in [2.05, 4.69) is 192 Å². The Morgan fingerprint density at radius 3 is 2.23 bits per heavy atom. The Hall–Kier alpha value is -7.10. The summed E-state index contributed by atoms with van der Waals surface area (Å²) in [5.74, 6) is 0. The molecule has 0 aliphatic heterocycles. The minimum atomic E-state index is 0.834. The van der Waals surface area contributed by atoms with E-state index in [1.165, 1.54) is 50.0 Å². The van der Waals surface area contributed by atoms with E-state index in [4.69, 9.17) is 4.42 Å². The van der Waals surface area contributed by atoms with Crippen molar-refractivity contribution in [1.82, 2.24) is 9.88 Å². The summed E-state index contributed by atoms with van der Waals surface area (Å²) < 4.78 is 8.84. The number of aromatic nitrogens is 1. The van der Waals surface area contributed by atoms with E-state index in [0.717, 1.165) is 69.3 Å². The molecule has 274 valence electrons. The maximum Gasteiger partial charge on any atom is 0.143 e. The highest BCUT2D eigenvalue weighted by atomic mass is 16.3. The number of para-hydroxylation sites is 2. The van der Waals surface area contributed by atoms with Crippen LogP contribution in [0.2, 0.25) is 0 Å². The van der Waals surface area contributed by atoms with Gasteiger partial charge in [0.25, 0.3) is 0 Å². The highest BCUT2D eigenvalue weighted by molar-refractivity contribution is 6.09. The summed E-state index contributed by atoms with van der Waals surface area (Å²) >= 11 is 0. The molecule has 0 amide bonds. The lowest BCUT2D eigenvalue weighted by atomic mass is 9.91. The molecule has 2 aromatic heterocycles. The Labute approximate surface area is 333 Å². The van der Waals surface area contributed by atoms with Gasteiger partial charge in [-0.1, -0.05) is 152 Å². The van der Waals surface area contributed by atoms with Crippen LogP contribution in [0.25, 0.3) is 78.1 Å². The van der Waals surface area contributed by atoms with Crippen LogP contribution < -0.4 is 5.32 Å². The van der Waals surface area contributed by atoms with Gasteiger partial charge in [-0.25, -0.2) is 0 Å². The number of furan rings is 1. The number of benzene rings is 7. The van der Waals surface area contributed by atoms with Gasteiger partial charge in [-0.05, 0) is 106 Å². The number of allylic oxidation sites excluding steroid dienone is 4. The lowest BCUT2D eigenvalue weighted by molar-refractivity contribution is 0.670. The first-order valence-electron chi connectivity index (χ1n) is 19.9. The molecule has 3 heteroatoms. The average molecular weight is 735 g/mol. The fourth-order valence-corrected chi connectivity index (χ4v) is 8.59. The summed E-state index contributed by atoms with van der Waals surface area (Å²) in [4.78, 5) is 0. The molecule has 0 radical (unpaired) electrons. The van der Waals surface area contributed by atoms with E-state index in [9.17, 15) is 0 Å². The van der Waals surface area contributed by atoms with Crippen molar-refractivity contribution in [1.29, 1.82) is 0 Å². The predicted octanol–water partition coefficient (Wildman–Crippen LogP) is 13.7. The third kappa shape index (κ3) is 6.37. The number of nitrogens with zero attached hydrogens (tertiary/aromatic N) is 1. The molecular formula is C54H42N2O. The zero-order valence-corrected chi connectivity index (χ0v) is 32.0. The topological polar surface area (TPSA) is 30.1 Å². The molecule has 1 aliphatic carbocycles. The summed E-state index contributed by atoms with van der Waals surface area (Å²) in [5, 5.41) is 7.09. The highest BCUT2D eigenvalue weighted by Gasteiger charge is 2.21. The number of hydrogen-bond donors (Lipinski definition) is 1. The predicted molar refractivity (Wildman–Crippen MR) is 240 cm³/mol. The van der Waals surface area contributed by atoms with E-state index < -0.39 is 0 Å². The number of fused-ring (bicyclic) bond motifs is 6. The average Bonchev–Trinajstić information content (AvgIpc) is 3.83. The van der Waals surface area contributed by atoms with E-state index >= 15 is 0 Å². The summed E-state index contributed by atoms with van der Waals surface area (Å²) in [5.41, 5.74) is 17.5. The summed E-state index contributed by atoms with van der Waals surface area (Å²) in [6, 6.07) is 60.9. The molecule has 57 heavy (non-hydrogen) atoms. The van der Waals surface area contributed by atoms with E-state index in [-0.39, 0.29) is 0 Å². The monoisotopic (exact) mass is 734 g/mol. The van der Waals surface area contributed by atoms with Gasteiger partial charge in [0.05, 0.1) is 5.52 Å². The second kappa shape index (κ2) is 14.9. The molecule has 0 unspecified atom stereocenters. The highest BCUT2D eigenvalue weighted by Crippen LogP contribution is 2.40. The molecule has 9 aromatic rings. The van der Waals surface area contributed by atoms with Crippen molar-refractivity contribution in [2.24, 2.45) is 0 Å². The molecule has 1 aliphatic rings. The first-order valence-corrected chi connectivity index (χ1v) is 19.9. The molecule has 0 fully saturated rings. The smallest absolute Gasteiger partial charge is 0.143 e. The summed E-state index contributed by atoms with van der Waals surface area (Å²) in [6.07, 6.45) is 12.2. The summed E-state index contributed by atoms with van der Waals surface area (Å²) in [6.45, 7) is 0. The maximum atomic E-state index is 6.40. The van der Waals surface area contributed by atoms with E-state index in [0.29, 0.717) is 0 Å². The fourth-order valence-electron chi connectivity index (χ4n) is 8.59. The largest absolute Gasteiger partial charge is 0.455 e. The number of nitrogens with one attached hydrogen (secondary N) is 1. The normalized spacial score (nSPS) is 13.1. The van der Waals surface area contributed by atoms with Crippen LogP contribution in [0.4, 0.5) is 0 Å². The van der Waals surface area contributed by atoms with Crippen LogP contribution in [0.3, 0.4) is 0 Å². The van der Waals surface area contributed by atoms with Crippen molar-refractivity contribution in [3.05, 3.63) is 216 Å². The molecular weight excluding hydrogens is 693 g/mol. The second-order valence-corrected chi connectivity index (χ2v) is 14.8. The van der Waals surface area contributed by atoms with E-state index in [1.807, 2.05) is 19.2 Å². The van der Waals surface area contributed by atoms with E-state index in [1.54, 1.807) is 0 Å². The van der Waals surface area contributed by atoms with Crippen molar-refractivity contribution in [3.8, 4) is 27.9 Å². The van der Waals surface area contributed by atoms with Crippen LogP contribution in [0.15, 0.2) is 193 Å². The third-order valence-corrected chi connectivity index (χ3v) is 11.4. The van der Waals surface area contributed by atoms with Gasteiger partial charge in [-0.15, -0.1) is 0 Å². The van der Waals surface area contributed by atoms with Crippen LogP contribution in [-0.4, -0.2) is 11.6 Å². The summed E-state index contributed by atoms with van der Waals surface area (Å²) in [7, 11) is 2.00. The number of aryl methyl sites for hydroxylation is 1. The van der Waals surface area contributed by atoms with Gasteiger partial charge in [-0.3, -0.25) is 0 Å². The molecule has 0 atom stereocenters. The lowest BCUT2D eigenvalue weighted by Gasteiger charge is -2.15. The first-order chi connectivity index (χ1) is 28.2. The Balaban J connectivity index is 1.07. The quantitative estimate of drug-likeness (QED) is 0.150. The van der Waals surface area contributed by atoms with Gasteiger partial charge in [0.1, 0.15) is 11.2 Å². The Kier molecular flexibility index (Phi) is 8.97. The Morgan fingerprint density at radius 1 is 0.667 bits per heavy atom. The molecule has 0 saturated carbocycles. The van der Waals surface area contributed by atoms with Crippen LogP contribution in [0, 0.1) is 0 Å². The molecule has 2 heterocycles. The van der Waals surface area contributed by atoms with Gasteiger partial charge in [-0.2, -0.15) is 0 Å². The SMILES string of the molecule is CN/C(=C\C(=C/Cc1ccccc1)c1ccccc1-c1ccc2c(c1)c1c(n2-c2ccc(-c3cccc4c3oc3ccccc34)cc2)C=CCC1)c1ccccc1. The van der Waals surface area contributed by atoms with Crippen molar-refractivity contribution in [2.45, 2.75) is 19.3 Å². The number of rotatable bonds is 9. The van der Waals surface area contributed by atoms with Crippen molar-refractivity contribution < 1.29 is 4.42 Å². The zero-order valence-electron chi connectivity index (χ0n) is 32.0. The molecule has 7 aromatic carbocycles. The number of hydrogen-bond acceptors (Lipinski definition) is 2. The molecule has 3 nitrogen and oxygen atoms in total. The van der Waals surface area contributed by atoms with Crippen LogP contribution in [0.1, 0.15) is 34.4 Å². The minimum Gasteiger partial charge on any atom is -0.455 e.